The van der Waals surface area contributed by atoms with E-state index in [-0.39, 0.29) is 6.10 Å². The maximum atomic E-state index is 8.85. The molecule has 5 nitrogen and oxygen atoms in total. The maximum absolute atomic E-state index is 8.85. The van der Waals surface area contributed by atoms with Crippen molar-refractivity contribution in [1.82, 2.24) is 15.5 Å². The number of nitrogens with zero attached hydrogens (tertiary/aromatic N) is 2. The zero-order valence-corrected chi connectivity index (χ0v) is 6.32. The molecular weight excluding hydrogens is 146 g/mol. The van der Waals surface area contributed by atoms with E-state index in [0.717, 1.165) is 0 Å². The van der Waals surface area contributed by atoms with Gasteiger partial charge in [0.25, 0.3) is 0 Å². The van der Waals surface area contributed by atoms with Gasteiger partial charge in [0.2, 0.25) is 6.39 Å². The lowest BCUT2D eigenvalue weighted by Gasteiger charge is -2.02. The van der Waals surface area contributed by atoms with Gasteiger partial charge in [0.1, 0.15) is 0 Å². The van der Waals surface area contributed by atoms with Gasteiger partial charge >= 0.3 is 0 Å². The molecule has 11 heavy (non-hydrogen) atoms. The number of aromatic nitrogens is 2. The number of hydrogen-bond acceptors (Lipinski definition) is 5. The van der Waals surface area contributed by atoms with E-state index < -0.39 is 0 Å². The van der Waals surface area contributed by atoms with E-state index in [1.807, 2.05) is 0 Å². The molecule has 62 valence electrons. The molecule has 0 saturated carbocycles. The van der Waals surface area contributed by atoms with E-state index in [0.29, 0.717) is 18.9 Å². The van der Waals surface area contributed by atoms with Crippen LogP contribution in [0.4, 0.5) is 0 Å². The molecule has 0 spiro atoms. The Morgan fingerprint density at radius 1 is 1.82 bits per heavy atom. The van der Waals surface area contributed by atoms with Crippen LogP contribution in [0.25, 0.3) is 0 Å². The minimum absolute atomic E-state index is 0.345. The van der Waals surface area contributed by atoms with E-state index in [1.165, 1.54) is 6.39 Å². The average Bonchev–Trinajstić information content (AvgIpc) is 2.39. The van der Waals surface area contributed by atoms with E-state index in [4.69, 9.17) is 5.11 Å². The SMILES string of the molecule is C[C@@H](O)CNCc1ncon1. The first-order chi connectivity index (χ1) is 5.29. The predicted molar refractivity (Wildman–Crippen MR) is 37.7 cm³/mol. The van der Waals surface area contributed by atoms with Crippen LogP contribution in [-0.2, 0) is 6.54 Å². The highest BCUT2D eigenvalue weighted by atomic mass is 16.5. The van der Waals surface area contributed by atoms with Crippen LogP contribution >= 0.6 is 0 Å². The van der Waals surface area contributed by atoms with Gasteiger partial charge in [-0.25, -0.2) is 0 Å². The average molecular weight is 157 g/mol. The fourth-order valence-corrected chi connectivity index (χ4v) is 0.663. The summed E-state index contributed by atoms with van der Waals surface area (Å²) in [5.74, 6) is 0.602. The highest BCUT2D eigenvalue weighted by molar-refractivity contribution is 4.76. The molecule has 1 aromatic rings. The summed E-state index contributed by atoms with van der Waals surface area (Å²) in [4.78, 5) is 3.79. The molecule has 1 rings (SSSR count). The smallest absolute Gasteiger partial charge is 0.213 e. The summed E-state index contributed by atoms with van der Waals surface area (Å²) < 4.78 is 4.51. The lowest BCUT2D eigenvalue weighted by Crippen LogP contribution is -2.24. The quantitative estimate of drug-likeness (QED) is 0.618. The fourth-order valence-electron chi connectivity index (χ4n) is 0.663. The minimum atomic E-state index is -0.345. The van der Waals surface area contributed by atoms with Crippen molar-refractivity contribution in [1.29, 1.82) is 0 Å². The first-order valence-corrected chi connectivity index (χ1v) is 3.43. The molecule has 0 aromatic carbocycles. The second-order valence-electron chi connectivity index (χ2n) is 2.33. The Morgan fingerprint density at radius 3 is 3.18 bits per heavy atom. The van der Waals surface area contributed by atoms with Gasteiger partial charge in [-0.3, -0.25) is 0 Å². The third-order valence-electron chi connectivity index (χ3n) is 1.13. The molecule has 0 aliphatic heterocycles. The minimum Gasteiger partial charge on any atom is -0.392 e. The lowest BCUT2D eigenvalue weighted by molar-refractivity contribution is 0.190. The molecule has 0 radical (unpaired) electrons. The monoisotopic (exact) mass is 157 g/mol. The van der Waals surface area contributed by atoms with Gasteiger partial charge < -0.3 is 14.9 Å². The van der Waals surface area contributed by atoms with E-state index in [9.17, 15) is 0 Å². The Hall–Kier alpha value is -0.940. The Balaban J connectivity index is 2.14. The van der Waals surface area contributed by atoms with E-state index >= 15 is 0 Å². The van der Waals surface area contributed by atoms with Gasteiger partial charge in [0.05, 0.1) is 12.6 Å². The van der Waals surface area contributed by atoms with Crippen LogP contribution in [0.1, 0.15) is 12.7 Å². The van der Waals surface area contributed by atoms with Gasteiger partial charge in [0, 0.05) is 6.54 Å². The summed E-state index contributed by atoms with van der Waals surface area (Å²) in [7, 11) is 0. The molecule has 0 unspecified atom stereocenters. The number of nitrogens with one attached hydrogen (secondary N) is 1. The summed E-state index contributed by atoms with van der Waals surface area (Å²) in [6.07, 6.45) is 0.932. The highest BCUT2D eigenvalue weighted by Crippen LogP contribution is 1.86. The first kappa shape index (κ1) is 8.16. The Bertz CT molecular complexity index is 186. The molecular formula is C6H11N3O2. The van der Waals surface area contributed by atoms with Crippen molar-refractivity contribution >= 4 is 0 Å². The molecule has 0 aliphatic carbocycles. The molecule has 0 aliphatic rings. The number of aliphatic hydroxyl groups excluding tert-OH is 1. The van der Waals surface area contributed by atoms with Crippen LogP contribution in [-0.4, -0.2) is 27.9 Å². The normalized spacial score (nSPS) is 13.3. The Kier molecular flexibility index (Phi) is 3.00. The molecule has 1 heterocycles. The summed E-state index contributed by atoms with van der Waals surface area (Å²) in [6.45, 7) is 2.78. The molecule has 5 heteroatoms. The van der Waals surface area contributed by atoms with Crippen molar-refractivity contribution in [2.45, 2.75) is 19.6 Å². The lowest BCUT2D eigenvalue weighted by atomic mass is 10.4. The van der Waals surface area contributed by atoms with Crippen LogP contribution in [0.5, 0.6) is 0 Å². The maximum Gasteiger partial charge on any atom is 0.213 e. The third kappa shape index (κ3) is 3.10. The van der Waals surface area contributed by atoms with Crippen molar-refractivity contribution in [3.8, 4) is 0 Å². The molecule has 2 N–H and O–H groups in total. The van der Waals surface area contributed by atoms with Crippen molar-refractivity contribution in [3.05, 3.63) is 12.2 Å². The molecule has 0 bridgehead atoms. The van der Waals surface area contributed by atoms with Crippen LogP contribution in [0.3, 0.4) is 0 Å². The van der Waals surface area contributed by atoms with Crippen LogP contribution in [0.2, 0.25) is 0 Å². The molecule has 0 fully saturated rings. The fraction of sp³-hybridized carbons (Fsp3) is 0.667. The Morgan fingerprint density at radius 2 is 2.64 bits per heavy atom. The van der Waals surface area contributed by atoms with Crippen molar-refractivity contribution < 1.29 is 9.63 Å². The third-order valence-corrected chi connectivity index (χ3v) is 1.13. The summed E-state index contributed by atoms with van der Waals surface area (Å²) in [6, 6.07) is 0. The van der Waals surface area contributed by atoms with Crippen LogP contribution < -0.4 is 5.32 Å². The van der Waals surface area contributed by atoms with Crippen molar-refractivity contribution in [3.63, 3.8) is 0 Å². The number of rotatable bonds is 4. The summed E-state index contributed by atoms with van der Waals surface area (Å²) in [5.41, 5.74) is 0. The second-order valence-corrected chi connectivity index (χ2v) is 2.33. The molecule has 0 amide bonds. The van der Waals surface area contributed by atoms with Gasteiger partial charge in [-0.2, -0.15) is 4.98 Å². The first-order valence-electron chi connectivity index (χ1n) is 3.43. The van der Waals surface area contributed by atoms with Gasteiger partial charge in [-0.1, -0.05) is 5.16 Å². The van der Waals surface area contributed by atoms with Gasteiger partial charge in [-0.05, 0) is 6.92 Å². The van der Waals surface area contributed by atoms with Crippen LogP contribution in [0.15, 0.2) is 10.9 Å². The standard InChI is InChI=1S/C6H11N3O2/c1-5(10)2-7-3-6-8-4-11-9-6/h4-5,7,10H,2-3H2,1H3/t5-/m1/s1. The largest absolute Gasteiger partial charge is 0.392 e. The van der Waals surface area contributed by atoms with Crippen LogP contribution in [0, 0.1) is 0 Å². The molecule has 1 atom stereocenters. The van der Waals surface area contributed by atoms with Gasteiger partial charge in [0.15, 0.2) is 5.82 Å². The van der Waals surface area contributed by atoms with Crippen molar-refractivity contribution in [2.24, 2.45) is 0 Å². The zero-order chi connectivity index (χ0) is 8.10. The Labute approximate surface area is 64.4 Å². The highest BCUT2D eigenvalue weighted by Gasteiger charge is 1.98. The predicted octanol–water partition coefficient (Wildman–Crippen LogP) is -0.460. The summed E-state index contributed by atoms with van der Waals surface area (Å²) in [5, 5.41) is 15.4. The summed E-state index contributed by atoms with van der Waals surface area (Å²) >= 11 is 0. The topological polar surface area (TPSA) is 71.2 Å². The zero-order valence-electron chi connectivity index (χ0n) is 6.32. The number of aliphatic hydroxyl groups is 1. The van der Waals surface area contributed by atoms with Gasteiger partial charge in [-0.15, -0.1) is 0 Å². The van der Waals surface area contributed by atoms with Crippen molar-refractivity contribution in [2.75, 3.05) is 6.54 Å². The number of hydrogen-bond donors (Lipinski definition) is 2. The van der Waals surface area contributed by atoms with E-state index in [1.54, 1.807) is 6.92 Å². The van der Waals surface area contributed by atoms with E-state index in [2.05, 4.69) is 20.0 Å². The molecule has 1 aromatic heterocycles. The second kappa shape index (κ2) is 4.05. The molecule has 0 saturated heterocycles.